The van der Waals surface area contributed by atoms with Gasteiger partial charge in [-0.15, -0.1) is 0 Å². The number of carbonyl (C=O) groups is 4. The van der Waals surface area contributed by atoms with Crippen LogP contribution in [0.3, 0.4) is 0 Å². The fraction of sp³-hybridized carbons (Fsp3) is 0.143. The molecule has 11 heteroatoms. The monoisotopic (exact) mass is 460 g/mol. The first-order valence-electron chi connectivity index (χ1n) is 9.02. The summed E-state index contributed by atoms with van der Waals surface area (Å²) in [6, 6.07) is 8.01. The largest absolute Gasteiger partial charge is 0.497 e. The minimum Gasteiger partial charge on any atom is -0.497 e. The molecule has 166 valence electrons. The Hall–Kier alpha value is -4.05. The highest BCUT2D eigenvalue weighted by atomic mass is 35.5. The van der Waals surface area contributed by atoms with Gasteiger partial charge in [-0.25, -0.2) is 14.5 Å². The summed E-state index contributed by atoms with van der Waals surface area (Å²) < 4.78 is 15.4. The first kappa shape index (κ1) is 22.6. The van der Waals surface area contributed by atoms with Gasteiger partial charge in [-0.3, -0.25) is 14.9 Å². The van der Waals surface area contributed by atoms with Crippen molar-refractivity contribution in [1.29, 1.82) is 0 Å². The number of hydrogen-bond donors (Lipinski definition) is 2. The van der Waals surface area contributed by atoms with Crippen molar-refractivity contribution in [2.24, 2.45) is 0 Å². The van der Waals surface area contributed by atoms with Gasteiger partial charge in [0, 0.05) is 0 Å². The minimum atomic E-state index is -1.21. The number of carboxylic acids is 1. The molecule has 0 bridgehead atoms. The molecule has 1 saturated heterocycles. The van der Waals surface area contributed by atoms with Crippen LogP contribution >= 0.6 is 11.6 Å². The zero-order valence-electron chi connectivity index (χ0n) is 16.9. The molecule has 0 unspecified atom stereocenters. The summed E-state index contributed by atoms with van der Waals surface area (Å²) in [7, 11) is 2.80. The summed E-state index contributed by atoms with van der Waals surface area (Å²) in [6.45, 7) is -0.643. The van der Waals surface area contributed by atoms with Crippen LogP contribution in [0.4, 0.5) is 10.5 Å². The number of amides is 4. The number of methoxy groups -OCH3 is 2. The number of carboxylic acid groups (broad SMARTS) is 1. The Labute approximate surface area is 186 Å². The van der Waals surface area contributed by atoms with Gasteiger partial charge in [0.25, 0.3) is 11.8 Å². The van der Waals surface area contributed by atoms with E-state index in [2.05, 4.69) is 5.32 Å². The van der Waals surface area contributed by atoms with Gasteiger partial charge in [0.05, 0.1) is 24.9 Å². The highest BCUT2D eigenvalue weighted by Gasteiger charge is 2.36. The number of halogens is 1. The van der Waals surface area contributed by atoms with Crippen molar-refractivity contribution in [3.05, 3.63) is 52.6 Å². The van der Waals surface area contributed by atoms with Crippen LogP contribution in [-0.2, 0) is 14.4 Å². The number of nitrogens with one attached hydrogen (secondary N) is 1. The number of barbiturate groups is 1. The minimum absolute atomic E-state index is 0.00389. The van der Waals surface area contributed by atoms with Crippen molar-refractivity contribution in [3.8, 4) is 17.2 Å². The van der Waals surface area contributed by atoms with Crippen LogP contribution in [0, 0.1) is 0 Å². The van der Waals surface area contributed by atoms with Crippen molar-refractivity contribution in [2.45, 2.75) is 0 Å². The molecule has 1 heterocycles. The molecule has 2 aromatic rings. The number of anilines is 1. The molecule has 1 aliphatic rings. The van der Waals surface area contributed by atoms with Crippen LogP contribution in [0.2, 0.25) is 5.02 Å². The lowest BCUT2D eigenvalue weighted by Crippen LogP contribution is -2.54. The Morgan fingerprint density at radius 1 is 1.12 bits per heavy atom. The smallest absolute Gasteiger partial charge is 0.341 e. The van der Waals surface area contributed by atoms with Crippen LogP contribution in [0.5, 0.6) is 17.2 Å². The van der Waals surface area contributed by atoms with Gasteiger partial charge >= 0.3 is 12.0 Å². The fourth-order valence-electron chi connectivity index (χ4n) is 2.89. The molecule has 0 atom stereocenters. The summed E-state index contributed by atoms with van der Waals surface area (Å²) >= 11 is 6.17. The zero-order chi connectivity index (χ0) is 23.4. The number of ether oxygens (including phenoxy) is 3. The number of urea groups is 1. The lowest BCUT2D eigenvalue weighted by atomic mass is 10.1. The van der Waals surface area contributed by atoms with E-state index in [1.807, 2.05) is 0 Å². The molecular formula is C21H17ClN2O8. The third kappa shape index (κ3) is 4.65. The molecule has 1 aliphatic heterocycles. The summed E-state index contributed by atoms with van der Waals surface area (Å²) in [5.41, 5.74) is 0.203. The maximum atomic E-state index is 13.0. The van der Waals surface area contributed by atoms with E-state index >= 15 is 0 Å². The average Bonchev–Trinajstić information content (AvgIpc) is 2.75. The molecule has 4 amide bonds. The fourth-order valence-corrected chi connectivity index (χ4v) is 3.16. The Balaban J connectivity index is 1.98. The Morgan fingerprint density at radius 2 is 1.81 bits per heavy atom. The number of nitrogens with zero attached hydrogens (tertiary/aromatic N) is 1. The van der Waals surface area contributed by atoms with Crippen molar-refractivity contribution in [2.75, 3.05) is 25.7 Å². The van der Waals surface area contributed by atoms with Gasteiger partial charge in [-0.05, 0) is 48.0 Å². The van der Waals surface area contributed by atoms with Gasteiger partial charge < -0.3 is 19.3 Å². The molecule has 32 heavy (non-hydrogen) atoms. The van der Waals surface area contributed by atoms with Gasteiger partial charge in [-0.1, -0.05) is 11.6 Å². The summed E-state index contributed by atoms with van der Waals surface area (Å²) in [6.07, 6.45) is 1.23. The lowest BCUT2D eigenvalue weighted by molar-refractivity contribution is -0.139. The van der Waals surface area contributed by atoms with Crippen LogP contribution < -0.4 is 24.4 Å². The van der Waals surface area contributed by atoms with Crippen molar-refractivity contribution in [3.63, 3.8) is 0 Å². The van der Waals surface area contributed by atoms with Crippen molar-refractivity contribution in [1.82, 2.24) is 5.32 Å². The number of carbonyl (C=O) groups excluding carboxylic acids is 3. The zero-order valence-corrected chi connectivity index (χ0v) is 17.6. The maximum absolute atomic E-state index is 13.0. The van der Waals surface area contributed by atoms with Gasteiger partial charge in [0.1, 0.15) is 11.3 Å². The van der Waals surface area contributed by atoms with Gasteiger partial charge in [0.2, 0.25) is 0 Å². The lowest BCUT2D eigenvalue weighted by Gasteiger charge is -2.26. The molecule has 2 aromatic carbocycles. The molecule has 3 rings (SSSR count). The molecule has 0 aromatic heterocycles. The normalized spacial score (nSPS) is 14.9. The molecule has 0 radical (unpaired) electrons. The molecular weight excluding hydrogens is 444 g/mol. The SMILES string of the molecule is COc1ccc(N2C(=O)NC(=O)/C(=C\c3cc(Cl)c(OCC(=O)O)c(OC)c3)C2=O)cc1. The van der Waals surface area contributed by atoms with Crippen LogP contribution in [0.25, 0.3) is 6.08 Å². The molecule has 1 fully saturated rings. The average molecular weight is 461 g/mol. The first-order valence-corrected chi connectivity index (χ1v) is 9.40. The topological polar surface area (TPSA) is 131 Å². The van der Waals surface area contributed by atoms with E-state index in [1.165, 1.54) is 44.6 Å². The Morgan fingerprint density at radius 3 is 2.41 bits per heavy atom. The number of imide groups is 2. The Bertz CT molecular complexity index is 1130. The summed E-state index contributed by atoms with van der Waals surface area (Å²) in [5.74, 6) is -2.32. The highest BCUT2D eigenvalue weighted by Crippen LogP contribution is 2.37. The van der Waals surface area contributed by atoms with Crippen LogP contribution in [0.1, 0.15) is 5.56 Å². The maximum Gasteiger partial charge on any atom is 0.341 e. The first-order chi connectivity index (χ1) is 15.2. The van der Waals surface area contributed by atoms with E-state index in [0.717, 1.165) is 4.90 Å². The van der Waals surface area contributed by atoms with Crippen molar-refractivity contribution >= 4 is 47.2 Å². The molecule has 0 aliphatic carbocycles. The van der Waals surface area contributed by atoms with E-state index in [0.29, 0.717) is 5.75 Å². The highest BCUT2D eigenvalue weighted by molar-refractivity contribution is 6.39. The quantitative estimate of drug-likeness (QED) is 0.476. The third-order valence-corrected chi connectivity index (χ3v) is 4.62. The van der Waals surface area contributed by atoms with E-state index in [-0.39, 0.29) is 33.3 Å². The third-order valence-electron chi connectivity index (χ3n) is 4.34. The second kappa shape index (κ2) is 9.40. The van der Waals surface area contributed by atoms with E-state index in [4.69, 9.17) is 30.9 Å². The Kier molecular flexibility index (Phi) is 6.64. The van der Waals surface area contributed by atoms with E-state index < -0.39 is 30.4 Å². The predicted octanol–water partition coefficient (Wildman–Crippen LogP) is 2.49. The molecule has 0 saturated carbocycles. The van der Waals surface area contributed by atoms with Crippen LogP contribution in [0.15, 0.2) is 42.0 Å². The second-order valence-electron chi connectivity index (χ2n) is 6.37. The van der Waals surface area contributed by atoms with Crippen LogP contribution in [-0.4, -0.2) is 49.7 Å². The van der Waals surface area contributed by atoms with E-state index in [9.17, 15) is 19.2 Å². The molecule has 10 nitrogen and oxygen atoms in total. The second-order valence-corrected chi connectivity index (χ2v) is 6.78. The number of rotatable bonds is 7. The molecule has 2 N–H and O–H groups in total. The number of benzene rings is 2. The van der Waals surface area contributed by atoms with Crippen molar-refractivity contribution < 1.29 is 38.5 Å². The summed E-state index contributed by atoms with van der Waals surface area (Å²) in [5, 5.41) is 10.9. The number of aliphatic carboxylic acids is 1. The number of hydrogen-bond acceptors (Lipinski definition) is 7. The van der Waals surface area contributed by atoms with E-state index in [1.54, 1.807) is 12.1 Å². The van der Waals surface area contributed by atoms with Gasteiger partial charge in [-0.2, -0.15) is 0 Å². The van der Waals surface area contributed by atoms with Gasteiger partial charge in [0.15, 0.2) is 18.1 Å². The standard InChI is InChI=1S/C21H17ClN2O8/c1-30-13-5-3-12(4-6-13)24-20(28)14(19(27)23-21(24)29)7-11-8-15(22)18(16(9-11)31-2)32-10-17(25)26/h3-9H,10H2,1-2H3,(H,25,26)(H,23,27,29)/b14-7+. The summed E-state index contributed by atoms with van der Waals surface area (Å²) in [4.78, 5) is 49.2. The molecule has 0 spiro atoms. The predicted molar refractivity (Wildman–Crippen MR) is 113 cm³/mol.